The number of pyridine rings is 1. The Hall–Kier alpha value is -2.68. The van der Waals surface area contributed by atoms with E-state index in [4.69, 9.17) is 0 Å². The van der Waals surface area contributed by atoms with Crippen LogP contribution in [0.5, 0.6) is 0 Å². The Morgan fingerprint density at radius 1 is 0.955 bits per heavy atom. The molecule has 0 amide bonds. The summed E-state index contributed by atoms with van der Waals surface area (Å²) in [4.78, 5) is 4.46. The van der Waals surface area contributed by atoms with Crippen LogP contribution in [0.25, 0.3) is 0 Å². The number of aromatic nitrogens is 1. The fraction of sp³-hybridized carbons (Fsp3) is 0.105. The molecular formula is C19H17FN2. The summed E-state index contributed by atoms with van der Waals surface area (Å²) in [5, 5.41) is 3.48. The molecule has 0 radical (unpaired) electrons. The molecule has 0 aliphatic rings. The molecule has 3 heteroatoms. The van der Waals surface area contributed by atoms with E-state index >= 15 is 0 Å². The molecule has 1 unspecified atom stereocenters. The molecule has 1 N–H and O–H groups in total. The first-order chi connectivity index (χ1) is 10.7. The van der Waals surface area contributed by atoms with Gasteiger partial charge in [0.15, 0.2) is 0 Å². The maximum Gasteiger partial charge on any atom is 0.123 e. The van der Waals surface area contributed by atoms with Gasteiger partial charge in [0, 0.05) is 11.9 Å². The van der Waals surface area contributed by atoms with Crippen LogP contribution in [0.2, 0.25) is 0 Å². The zero-order chi connectivity index (χ0) is 15.4. The summed E-state index contributed by atoms with van der Waals surface area (Å²) < 4.78 is 13.3. The second kappa shape index (κ2) is 6.39. The molecule has 3 rings (SSSR count). The van der Waals surface area contributed by atoms with Crippen molar-refractivity contribution in [3.8, 4) is 0 Å². The Kier molecular flexibility index (Phi) is 4.15. The van der Waals surface area contributed by atoms with Crippen molar-refractivity contribution in [2.45, 2.75) is 13.0 Å². The summed E-state index contributed by atoms with van der Waals surface area (Å²) in [5.41, 5.74) is 3.82. The molecule has 0 saturated heterocycles. The highest BCUT2D eigenvalue weighted by molar-refractivity contribution is 5.54. The fourth-order valence-electron chi connectivity index (χ4n) is 2.46. The van der Waals surface area contributed by atoms with E-state index in [0.29, 0.717) is 0 Å². The van der Waals surface area contributed by atoms with Gasteiger partial charge >= 0.3 is 0 Å². The van der Waals surface area contributed by atoms with Crippen LogP contribution in [-0.2, 0) is 0 Å². The third-order valence-corrected chi connectivity index (χ3v) is 3.60. The van der Waals surface area contributed by atoms with E-state index in [1.54, 1.807) is 12.3 Å². The molecule has 0 spiro atoms. The molecule has 0 bridgehead atoms. The lowest BCUT2D eigenvalue weighted by molar-refractivity contribution is 0.626. The number of aryl methyl sites for hydroxylation is 1. The summed E-state index contributed by atoms with van der Waals surface area (Å²) in [6.45, 7) is 1.89. The van der Waals surface area contributed by atoms with Crippen LogP contribution in [0, 0.1) is 12.7 Å². The SMILES string of the molecule is Cc1cc(F)ccc1NC(c1ccccc1)c1ccccn1. The summed E-state index contributed by atoms with van der Waals surface area (Å²) in [6.07, 6.45) is 1.78. The Morgan fingerprint density at radius 2 is 1.73 bits per heavy atom. The number of hydrogen-bond acceptors (Lipinski definition) is 2. The van der Waals surface area contributed by atoms with Gasteiger partial charge in [-0.3, -0.25) is 4.98 Å². The van der Waals surface area contributed by atoms with Gasteiger partial charge in [0.05, 0.1) is 11.7 Å². The van der Waals surface area contributed by atoms with Gasteiger partial charge in [-0.1, -0.05) is 36.4 Å². The first-order valence-corrected chi connectivity index (χ1v) is 7.22. The number of hydrogen-bond donors (Lipinski definition) is 1. The van der Waals surface area contributed by atoms with E-state index in [0.717, 1.165) is 22.5 Å². The number of nitrogens with zero attached hydrogens (tertiary/aromatic N) is 1. The smallest absolute Gasteiger partial charge is 0.123 e. The topological polar surface area (TPSA) is 24.9 Å². The van der Waals surface area contributed by atoms with Gasteiger partial charge < -0.3 is 5.32 Å². The van der Waals surface area contributed by atoms with E-state index in [1.807, 2.05) is 43.3 Å². The largest absolute Gasteiger partial charge is 0.373 e. The van der Waals surface area contributed by atoms with Crippen molar-refractivity contribution in [3.05, 3.63) is 95.6 Å². The second-order valence-electron chi connectivity index (χ2n) is 5.20. The van der Waals surface area contributed by atoms with Crippen LogP contribution in [0.4, 0.5) is 10.1 Å². The number of rotatable bonds is 4. The standard InChI is InChI=1S/C19H17FN2/c1-14-13-16(20)10-11-17(14)22-19(15-7-3-2-4-8-15)18-9-5-6-12-21-18/h2-13,19,22H,1H3. The van der Waals surface area contributed by atoms with Gasteiger partial charge in [0.2, 0.25) is 0 Å². The van der Waals surface area contributed by atoms with Crippen molar-refractivity contribution in [2.75, 3.05) is 5.32 Å². The number of anilines is 1. The van der Waals surface area contributed by atoms with Crippen LogP contribution in [0.3, 0.4) is 0 Å². The van der Waals surface area contributed by atoms with Gasteiger partial charge in [0.25, 0.3) is 0 Å². The van der Waals surface area contributed by atoms with Crippen molar-refractivity contribution >= 4 is 5.69 Å². The maximum absolute atomic E-state index is 13.3. The molecule has 0 fully saturated rings. The Labute approximate surface area is 129 Å². The Balaban J connectivity index is 1.99. The normalized spacial score (nSPS) is 11.9. The average Bonchev–Trinajstić information content (AvgIpc) is 2.56. The molecule has 1 aromatic heterocycles. The fourth-order valence-corrected chi connectivity index (χ4v) is 2.46. The first kappa shape index (κ1) is 14.3. The third-order valence-electron chi connectivity index (χ3n) is 3.60. The second-order valence-corrected chi connectivity index (χ2v) is 5.20. The van der Waals surface area contributed by atoms with Crippen LogP contribution in [0.15, 0.2) is 72.9 Å². The first-order valence-electron chi connectivity index (χ1n) is 7.22. The van der Waals surface area contributed by atoms with E-state index in [-0.39, 0.29) is 11.9 Å². The summed E-state index contributed by atoms with van der Waals surface area (Å²) in [6, 6.07) is 20.7. The lowest BCUT2D eigenvalue weighted by Crippen LogP contribution is -2.14. The maximum atomic E-state index is 13.3. The van der Waals surface area contributed by atoms with Crippen molar-refractivity contribution in [2.24, 2.45) is 0 Å². The minimum Gasteiger partial charge on any atom is -0.373 e. The molecule has 1 heterocycles. The highest BCUT2D eigenvalue weighted by atomic mass is 19.1. The predicted molar refractivity (Wildman–Crippen MR) is 87.3 cm³/mol. The molecule has 0 saturated carbocycles. The molecule has 2 nitrogen and oxygen atoms in total. The number of halogens is 1. The minimum absolute atomic E-state index is 0.0773. The van der Waals surface area contributed by atoms with Gasteiger partial charge in [-0.05, 0) is 48.4 Å². The van der Waals surface area contributed by atoms with Gasteiger partial charge in [-0.25, -0.2) is 4.39 Å². The molecule has 2 aromatic carbocycles. The molecule has 1 atom stereocenters. The minimum atomic E-state index is -0.225. The van der Waals surface area contributed by atoms with Crippen molar-refractivity contribution in [1.29, 1.82) is 0 Å². The highest BCUT2D eigenvalue weighted by Crippen LogP contribution is 2.27. The van der Waals surface area contributed by atoms with Crippen LogP contribution in [-0.4, -0.2) is 4.98 Å². The lowest BCUT2D eigenvalue weighted by Gasteiger charge is -2.21. The number of nitrogens with one attached hydrogen (secondary N) is 1. The van der Waals surface area contributed by atoms with E-state index in [9.17, 15) is 4.39 Å². The molecule has 22 heavy (non-hydrogen) atoms. The summed E-state index contributed by atoms with van der Waals surface area (Å²) >= 11 is 0. The third kappa shape index (κ3) is 3.14. The van der Waals surface area contributed by atoms with Crippen LogP contribution in [0.1, 0.15) is 22.9 Å². The monoisotopic (exact) mass is 292 g/mol. The molecule has 0 aliphatic carbocycles. The number of benzene rings is 2. The van der Waals surface area contributed by atoms with E-state index < -0.39 is 0 Å². The van der Waals surface area contributed by atoms with E-state index in [1.165, 1.54) is 12.1 Å². The highest BCUT2D eigenvalue weighted by Gasteiger charge is 2.15. The van der Waals surface area contributed by atoms with Gasteiger partial charge in [-0.2, -0.15) is 0 Å². The summed E-state index contributed by atoms with van der Waals surface area (Å²) in [5.74, 6) is -0.225. The summed E-state index contributed by atoms with van der Waals surface area (Å²) in [7, 11) is 0. The van der Waals surface area contributed by atoms with Gasteiger partial charge in [-0.15, -0.1) is 0 Å². The van der Waals surface area contributed by atoms with Crippen LogP contribution >= 0.6 is 0 Å². The van der Waals surface area contributed by atoms with Crippen molar-refractivity contribution < 1.29 is 4.39 Å². The van der Waals surface area contributed by atoms with Crippen molar-refractivity contribution in [3.63, 3.8) is 0 Å². The molecule has 110 valence electrons. The lowest BCUT2D eigenvalue weighted by atomic mass is 10.0. The Morgan fingerprint density at radius 3 is 2.41 bits per heavy atom. The Bertz CT molecular complexity index is 702. The van der Waals surface area contributed by atoms with Crippen LogP contribution < -0.4 is 5.32 Å². The zero-order valence-electron chi connectivity index (χ0n) is 12.3. The average molecular weight is 292 g/mol. The quantitative estimate of drug-likeness (QED) is 0.752. The molecule has 0 aliphatic heterocycles. The van der Waals surface area contributed by atoms with Gasteiger partial charge in [0.1, 0.15) is 5.82 Å². The molecular weight excluding hydrogens is 275 g/mol. The van der Waals surface area contributed by atoms with E-state index in [2.05, 4.69) is 22.4 Å². The zero-order valence-corrected chi connectivity index (χ0v) is 12.3. The van der Waals surface area contributed by atoms with Crippen molar-refractivity contribution in [1.82, 2.24) is 4.98 Å². The molecule has 3 aromatic rings. The predicted octanol–water partition coefficient (Wildman–Crippen LogP) is 4.73.